The zero-order valence-corrected chi connectivity index (χ0v) is 17.3. The number of carbonyl (C=O) groups is 2. The van der Waals surface area contributed by atoms with Gasteiger partial charge < -0.3 is 10.2 Å². The highest BCUT2D eigenvalue weighted by Gasteiger charge is 2.26. The van der Waals surface area contributed by atoms with Crippen molar-refractivity contribution in [1.82, 2.24) is 10.2 Å². The molecule has 28 heavy (non-hydrogen) atoms. The first-order chi connectivity index (χ1) is 13.4. The minimum absolute atomic E-state index is 0.00800. The zero-order chi connectivity index (χ0) is 20.5. The Labute approximate surface area is 170 Å². The van der Waals surface area contributed by atoms with Crippen molar-refractivity contribution >= 4 is 23.6 Å². The third kappa shape index (κ3) is 7.00. The van der Waals surface area contributed by atoms with Crippen LogP contribution in [-0.2, 0) is 16.1 Å². The Morgan fingerprint density at radius 3 is 2.29 bits per heavy atom. The highest BCUT2D eigenvalue weighted by molar-refractivity contribution is 7.99. The number of thioether (sulfide) groups is 1. The highest BCUT2D eigenvalue weighted by Crippen LogP contribution is 2.19. The van der Waals surface area contributed by atoms with Gasteiger partial charge in [-0.05, 0) is 50.6 Å². The van der Waals surface area contributed by atoms with Crippen molar-refractivity contribution in [3.05, 3.63) is 66.0 Å². The molecule has 150 valence electrons. The summed E-state index contributed by atoms with van der Waals surface area (Å²) in [5.41, 5.74) is 0.787. The fourth-order valence-electron chi connectivity index (χ4n) is 2.69. The van der Waals surface area contributed by atoms with E-state index in [0.717, 1.165) is 10.5 Å². The maximum atomic E-state index is 13.2. The van der Waals surface area contributed by atoms with Gasteiger partial charge >= 0.3 is 0 Å². The summed E-state index contributed by atoms with van der Waals surface area (Å²) in [6.07, 6.45) is 0.319. The van der Waals surface area contributed by atoms with Crippen LogP contribution in [0.15, 0.2) is 59.5 Å². The first kappa shape index (κ1) is 22.0. The fraction of sp³-hybridized carbons (Fsp3) is 0.364. The van der Waals surface area contributed by atoms with Crippen molar-refractivity contribution < 1.29 is 14.0 Å². The molecule has 0 bridgehead atoms. The van der Waals surface area contributed by atoms with E-state index in [4.69, 9.17) is 0 Å². The standard InChI is InChI=1S/C22H27FN2O2S/c1-16(2)24-22(27)17(3)25(15-18-9-11-19(23)12-10-18)21(26)13-14-28-20-7-5-4-6-8-20/h4-12,16-17H,13-15H2,1-3H3,(H,24,27). The van der Waals surface area contributed by atoms with E-state index in [-0.39, 0.29) is 30.2 Å². The molecule has 0 radical (unpaired) electrons. The van der Waals surface area contributed by atoms with Crippen LogP contribution in [-0.4, -0.2) is 34.6 Å². The Balaban J connectivity index is 2.05. The average molecular weight is 403 g/mol. The van der Waals surface area contributed by atoms with Gasteiger partial charge in [-0.25, -0.2) is 4.39 Å². The highest BCUT2D eigenvalue weighted by atomic mass is 32.2. The minimum Gasteiger partial charge on any atom is -0.352 e. The third-order valence-corrected chi connectivity index (χ3v) is 5.21. The number of benzene rings is 2. The van der Waals surface area contributed by atoms with Crippen molar-refractivity contribution in [2.45, 2.75) is 50.7 Å². The van der Waals surface area contributed by atoms with Crippen molar-refractivity contribution in [3.63, 3.8) is 0 Å². The van der Waals surface area contributed by atoms with Crippen LogP contribution in [0.2, 0.25) is 0 Å². The molecule has 0 aliphatic carbocycles. The van der Waals surface area contributed by atoms with Gasteiger partial charge in [-0.2, -0.15) is 0 Å². The number of nitrogens with one attached hydrogen (secondary N) is 1. The lowest BCUT2D eigenvalue weighted by Crippen LogP contribution is -2.49. The van der Waals surface area contributed by atoms with Crippen LogP contribution in [0.1, 0.15) is 32.8 Å². The van der Waals surface area contributed by atoms with Gasteiger partial charge in [0.2, 0.25) is 11.8 Å². The van der Waals surface area contributed by atoms with E-state index >= 15 is 0 Å². The summed E-state index contributed by atoms with van der Waals surface area (Å²) in [5.74, 6) is 0.00759. The van der Waals surface area contributed by atoms with E-state index < -0.39 is 6.04 Å². The molecule has 0 aromatic heterocycles. The van der Waals surface area contributed by atoms with Crippen LogP contribution in [0.5, 0.6) is 0 Å². The van der Waals surface area contributed by atoms with Gasteiger partial charge in [0.25, 0.3) is 0 Å². The van der Waals surface area contributed by atoms with E-state index in [1.54, 1.807) is 35.7 Å². The van der Waals surface area contributed by atoms with Crippen molar-refractivity contribution in [2.24, 2.45) is 0 Å². The van der Waals surface area contributed by atoms with Crippen molar-refractivity contribution in [3.8, 4) is 0 Å². The molecule has 0 heterocycles. The number of amides is 2. The first-order valence-electron chi connectivity index (χ1n) is 9.39. The Hall–Kier alpha value is -2.34. The Bertz CT molecular complexity index is 766. The molecule has 0 spiro atoms. The molecule has 2 amide bonds. The third-order valence-electron chi connectivity index (χ3n) is 4.19. The normalized spacial score (nSPS) is 11.9. The molecule has 2 aromatic rings. The number of halogens is 1. The number of nitrogens with zero attached hydrogens (tertiary/aromatic N) is 1. The largest absolute Gasteiger partial charge is 0.352 e. The number of hydrogen-bond acceptors (Lipinski definition) is 3. The molecule has 1 atom stereocenters. The summed E-state index contributed by atoms with van der Waals surface area (Å²) in [7, 11) is 0. The summed E-state index contributed by atoms with van der Waals surface area (Å²) in [4.78, 5) is 28.0. The van der Waals surface area contributed by atoms with Crippen LogP contribution >= 0.6 is 11.8 Å². The maximum absolute atomic E-state index is 13.2. The first-order valence-corrected chi connectivity index (χ1v) is 10.4. The van der Waals surface area contributed by atoms with Crippen molar-refractivity contribution in [1.29, 1.82) is 0 Å². The SMILES string of the molecule is CC(C)NC(=O)C(C)N(Cc1ccc(F)cc1)C(=O)CCSc1ccccc1. The predicted octanol–water partition coefficient (Wildman–Crippen LogP) is 4.25. The van der Waals surface area contributed by atoms with Crippen LogP contribution in [0.3, 0.4) is 0 Å². The molecule has 0 aliphatic rings. The van der Waals surface area contributed by atoms with Crippen LogP contribution in [0, 0.1) is 5.82 Å². The second kappa shape index (κ2) is 10.9. The summed E-state index contributed by atoms with van der Waals surface area (Å²) in [6, 6.07) is 15.3. The van der Waals surface area contributed by atoms with Gasteiger partial charge in [0.15, 0.2) is 0 Å². The van der Waals surface area contributed by atoms with E-state index in [9.17, 15) is 14.0 Å². The Morgan fingerprint density at radius 1 is 1.04 bits per heavy atom. The quantitative estimate of drug-likeness (QED) is 0.638. The van der Waals surface area contributed by atoms with Gasteiger partial charge in [0, 0.05) is 29.7 Å². The lowest BCUT2D eigenvalue weighted by Gasteiger charge is -2.29. The summed E-state index contributed by atoms with van der Waals surface area (Å²) in [6.45, 7) is 5.76. The fourth-order valence-corrected chi connectivity index (χ4v) is 3.55. The zero-order valence-electron chi connectivity index (χ0n) is 16.5. The predicted molar refractivity (Wildman–Crippen MR) is 111 cm³/mol. The van der Waals surface area contributed by atoms with Crippen LogP contribution < -0.4 is 5.32 Å². The minimum atomic E-state index is -0.610. The summed E-state index contributed by atoms with van der Waals surface area (Å²) < 4.78 is 13.2. The molecule has 0 saturated carbocycles. The van der Waals surface area contributed by atoms with E-state index in [0.29, 0.717) is 12.2 Å². The molecule has 0 aliphatic heterocycles. The van der Waals surface area contributed by atoms with Crippen molar-refractivity contribution in [2.75, 3.05) is 5.75 Å². The molecule has 0 fully saturated rings. The number of rotatable bonds is 9. The van der Waals surface area contributed by atoms with Gasteiger partial charge in [0.1, 0.15) is 11.9 Å². The molecule has 0 saturated heterocycles. The molecule has 6 heteroatoms. The summed E-state index contributed by atoms with van der Waals surface area (Å²) in [5, 5.41) is 2.86. The van der Waals surface area contributed by atoms with Gasteiger partial charge in [-0.1, -0.05) is 30.3 Å². The molecule has 1 N–H and O–H groups in total. The smallest absolute Gasteiger partial charge is 0.242 e. The number of carbonyl (C=O) groups excluding carboxylic acids is 2. The monoisotopic (exact) mass is 402 g/mol. The second-order valence-corrected chi connectivity index (χ2v) is 8.07. The second-order valence-electron chi connectivity index (χ2n) is 6.90. The van der Waals surface area contributed by atoms with E-state index in [1.165, 1.54) is 12.1 Å². The molecule has 2 rings (SSSR count). The topological polar surface area (TPSA) is 49.4 Å². The molecule has 4 nitrogen and oxygen atoms in total. The lowest BCUT2D eigenvalue weighted by atomic mass is 10.1. The maximum Gasteiger partial charge on any atom is 0.242 e. The van der Waals surface area contributed by atoms with E-state index in [2.05, 4.69) is 5.32 Å². The molecule has 1 unspecified atom stereocenters. The molecule has 2 aromatic carbocycles. The lowest BCUT2D eigenvalue weighted by molar-refractivity contribution is -0.140. The number of hydrogen-bond donors (Lipinski definition) is 1. The molecular formula is C22H27FN2O2S. The Morgan fingerprint density at radius 2 is 1.68 bits per heavy atom. The van der Waals surface area contributed by atoms with E-state index in [1.807, 2.05) is 44.2 Å². The summed E-state index contributed by atoms with van der Waals surface area (Å²) >= 11 is 1.61. The van der Waals surface area contributed by atoms with Gasteiger partial charge in [0.05, 0.1) is 0 Å². The van der Waals surface area contributed by atoms with Crippen LogP contribution in [0.25, 0.3) is 0 Å². The molecular weight excluding hydrogens is 375 g/mol. The van der Waals surface area contributed by atoms with Gasteiger partial charge in [-0.15, -0.1) is 11.8 Å². The van der Waals surface area contributed by atoms with Crippen LogP contribution in [0.4, 0.5) is 4.39 Å². The average Bonchev–Trinajstić information content (AvgIpc) is 2.67. The van der Waals surface area contributed by atoms with Gasteiger partial charge in [-0.3, -0.25) is 9.59 Å². The Kier molecular flexibility index (Phi) is 8.51.